The van der Waals surface area contributed by atoms with E-state index in [-0.39, 0.29) is 6.42 Å². The number of hydrogen-bond donors (Lipinski definition) is 2. The molecule has 0 bridgehead atoms. The molecule has 1 aliphatic rings. The number of pyridine rings is 1. The SMILES string of the molecule is Cc1cc(CCc2noc(-c3cccnc3OCC3CCCC3)n2)ccc1OCCCNCCC(=O)O. The third kappa shape index (κ3) is 8.28. The Bertz CT molecular complexity index is 1140. The minimum Gasteiger partial charge on any atom is -0.493 e. The highest BCUT2D eigenvalue weighted by Crippen LogP contribution is 2.30. The molecule has 2 aromatic heterocycles. The molecule has 2 heterocycles. The largest absolute Gasteiger partial charge is 0.493 e. The maximum Gasteiger partial charge on any atom is 0.304 e. The molecular formula is C28H36N4O5. The molecule has 1 aromatic carbocycles. The fourth-order valence-corrected chi connectivity index (χ4v) is 4.49. The highest BCUT2D eigenvalue weighted by molar-refractivity contribution is 5.66. The zero-order valence-electron chi connectivity index (χ0n) is 21.4. The lowest BCUT2D eigenvalue weighted by molar-refractivity contribution is -0.136. The molecule has 0 radical (unpaired) electrons. The predicted molar refractivity (Wildman–Crippen MR) is 139 cm³/mol. The highest BCUT2D eigenvalue weighted by atomic mass is 16.5. The lowest BCUT2D eigenvalue weighted by Crippen LogP contribution is -2.20. The third-order valence-corrected chi connectivity index (χ3v) is 6.55. The molecule has 198 valence electrons. The van der Waals surface area contributed by atoms with Crippen molar-refractivity contribution in [2.75, 3.05) is 26.3 Å². The molecule has 4 rings (SSSR count). The minimum atomic E-state index is -0.791. The lowest BCUT2D eigenvalue weighted by atomic mass is 10.1. The van der Waals surface area contributed by atoms with Gasteiger partial charge in [0.25, 0.3) is 5.89 Å². The summed E-state index contributed by atoms with van der Waals surface area (Å²) in [6.45, 7) is 4.49. The van der Waals surface area contributed by atoms with E-state index in [9.17, 15) is 4.79 Å². The molecule has 1 fully saturated rings. The third-order valence-electron chi connectivity index (χ3n) is 6.55. The number of benzene rings is 1. The van der Waals surface area contributed by atoms with Gasteiger partial charge in [-0.1, -0.05) is 30.1 Å². The van der Waals surface area contributed by atoms with Crippen LogP contribution in [0.1, 0.15) is 55.5 Å². The minimum absolute atomic E-state index is 0.131. The van der Waals surface area contributed by atoms with Crippen LogP contribution in [0.5, 0.6) is 11.6 Å². The van der Waals surface area contributed by atoms with Crippen molar-refractivity contribution in [3.05, 3.63) is 53.5 Å². The van der Waals surface area contributed by atoms with Crippen LogP contribution in [0.15, 0.2) is 41.1 Å². The fourth-order valence-electron chi connectivity index (χ4n) is 4.49. The number of aryl methyl sites for hydroxylation is 3. The Morgan fingerprint density at radius 1 is 1.16 bits per heavy atom. The second-order valence-electron chi connectivity index (χ2n) is 9.53. The van der Waals surface area contributed by atoms with Crippen molar-refractivity contribution >= 4 is 5.97 Å². The van der Waals surface area contributed by atoms with E-state index in [1.807, 2.05) is 25.1 Å². The topological polar surface area (TPSA) is 120 Å². The molecule has 2 N–H and O–H groups in total. The number of aliphatic carboxylic acids is 1. The standard InChI is InChI=1S/C28H36N4O5/c1-20-18-21(9-11-24(20)35-17-5-14-29-16-13-26(33)34)10-12-25-31-28(37-32-25)23-8-4-15-30-27(23)36-19-22-6-2-3-7-22/h4,8-9,11,15,18,22,29H,2-3,5-7,10,12-14,16-17,19H2,1H3,(H,33,34). The van der Waals surface area contributed by atoms with E-state index in [2.05, 4.69) is 32.6 Å². The Balaban J connectivity index is 1.24. The first-order valence-corrected chi connectivity index (χ1v) is 13.1. The number of carboxylic acid groups (broad SMARTS) is 1. The first-order valence-electron chi connectivity index (χ1n) is 13.1. The molecule has 9 heteroatoms. The van der Waals surface area contributed by atoms with E-state index < -0.39 is 5.97 Å². The van der Waals surface area contributed by atoms with Gasteiger partial charge in [-0.15, -0.1) is 0 Å². The molecule has 1 aliphatic carbocycles. The van der Waals surface area contributed by atoms with Crippen LogP contribution in [0.3, 0.4) is 0 Å². The summed E-state index contributed by atoms with van der Waals surface area (Å²) in [5, 5.41) is 15.9. The van der Waals surface area contributed by atoms with Gasteiger partial charge in [0.15, 0.2) is 5.82 Å². The van der Waals surface area contributed by atoms with Crippen LogP contribution in [0.2, 0.25) is 0 Å². The van der Waals surface area contributed by atoms with E-state index in [1.54, 1.807) is 6.20 Å². The number of carbonyl (C=O) groups is 1. The monoisotopic (exact) mass is 508 g/mol. The summed E-state index contributed by atoms with van der Waals surface area (Å²) in [5.41, 5.74) is 2.98. The summed E-state index contributed by atoms with van der Waals surface area (Å²) in [5.74, 6) is 2.29. The van der Waals surface area contributed by atoms with Crippen molar-refractivity contribution in [2.45, 2.75) is 58.3 Å². The number of carboxylic acids is 1. The number of aromatic nitrogens is 3. The molecule has 0 aliphatic heterocycles. The molecule has 0 unspecified atom stereocenters. The van der Waals surface area contributed by atoms with Gasteiger partial charge in [0, 0.05) is 19.2 Å². The van der Waals surface area contributed by atoms with Gasteiger partial charge in [0.1, 0.15) is 11.3 Å². The summed E-state index contributed by atoms with van der Waals surface area (Å²) < 4.78 is 17.5. The van der Waals surface area contributed by atoms with Crippen molar-refractivity contribution < 1.29 is 23.9 Å². The van der Waals surface area contributed by atoms with E-state index in [0.29, 0.717) is 49.7 Å². The van der Waals surface area contributed by atoms with Gasteiger partial charge in [-0.25, -0.2) is 4.98 Å². The maximum atomic E-state index is 10.5. The van der Waals surface area contributed by atoms with E-state index in [0.717, 1.165) is 36.3 Å². The van der Waals surface area contributed by atoms with Gasteiger partial charge in [-0.2, -0.15) is 4.98 Å². The van der Waals surface area contributed by atoms with Crippen molar-refractivity contribution in [3.63, 3.8) is 0 Å². The Hall–Kier alpha value is -3.46. The number of rotatable bonds is 15. The van der Waals surface area contributed by atoms with Crippen molar-refractivity contribution in [3.8, 4) is 23.1 Å². The number of nitrogens with zero attached hydrogens (tertiary/aromatic N) is 3. The Labute approximate surface area is 217 Å². The van der Waals surface area contributed by atoms with E-state index >= 15 is 0 Å². The quantitative estimate of drug-likeness (QED) is 0.283. The van der Waals surface area contributed by atoms with Crippen LogP contribution >= 0.6 is 0 Å². The number of hydrogen-bond acceptors (Lipinski definition) is 8. The number of ether oxygens (including phenoxy) is 2. The second-order valence-corrected chi connectivity index (χ2v) is 9.53. The normalized spacial score (nSPS) is 13.6. The van der Waals surface area contributed by atoms with Crippen molar-refractivity contribution in [2.24, 2.45) is 5.92 Å². The summed E-state index contributed by atoms with van der Waals surface area (Å²) in [6.07, 6.45) is 9.09. The zero-order chi connectivity index (χ0) is 25.9. The molecule has 9 nitrogen and oxygen atoms in total. The van der Waals surface area contributed by atoms with Crippen LogP contribution in [-0.2, 0) is 17.6 Å². The molecule has 0 atom stereocenters. The summed E-state index contributed by atoms with van der Waals surface area (Å²) >= 11 is 0. The molecule has 0 spiro atoms. The van der Waals surface area contributed by atoms with Gasteiger partial charge < -0.3 is 24.4 Å². The van der Waals surface area contributed by atoms with E-state index in [4.69, 9.17) is 19.1 Å². The predicted octanol–water partition coefficient (Wildman–Crippen LogP) is 4.63. The average molecular weight is 509 g/mol. The summed E-state index contributed by atoms with van der Waals surface area (Å²) in [4.78, 5) is 19.5. The molecular weight excluding hydrogens is 472 g/mol. The van der Waals surface area contributed by atoms with Crippen LogP contribution < -0.4 is 14.8 Å². The first-order chi connectivity index (χ1) is 18.1. The molecule has 1 saturated carbocycles. The van der Waals surface area contributed by atoms with Crippen LogP contribution in [0.25, 0.3) is 11.5 Å². The van der Waals surface area contributed by atoms with Gasteiger partial charge in [-0.3, -0.25) is 4.79 Å². The Kier molecular flexibility index (Phi) is 9.88. The Morgan fingerprint density at radius 3 is 2.84 bits per heavy atom. The van der Waals surface area contributed by atoms with Crippen molar-refractivity contribution in [1.82, 2.24) is 20.4 Å². The lowest BCUT2D eigenvalue weighted by Gasteiger charge is -2.11. The van der Waals surface area contributed by atoms with Gasteiger partial charge in [0.05, 0.1) is 19.6 Å². The maximum absolute atomic E-state index is 10.5. The van der Waals surface area contributed by atoms with E-state index in [1.165, 1.54) is 31.2 Å². The molecule has 0 saturated heterocycles. The number of nitrogens with one attached hydrogen (secondary N) is 1. The molecule has 0 amide bonds. The first kappa shape index (κ1) is 26.6. The Morgan fingerprint density at radius 2 is 2.03 bits per heavy atom. The average Bonchev–Trinajstić information content (AvgIpc) is 3.59. The van der Waals surface area contributed by atoms with Gasteiger partial charge >= 0.3 is 5.97 Å². The van der Waals surface area contributed by atoms with Crippen molar-refractivity contribution in [1.29, 1.82) is 0 Å². The zero-order valence-corrected chi connectivity index (χ0v) is 21.4. The van der Waals surface area contributed by atoms with Crippen LogP contribution in [0.4, 0.5) is 0 Å². The molecule has 37 heavy (non-hydrogen) atoms. The summed E-state index contributed by atoms with van der Waals surface area (Å²) in [6, 6.07) is 9.93. The second kappa shape index (κ2) is 13.7. The smallest absolute Gasteiger partial charge is 0.304 e. The summed E-state index contributed by atoms with van der Waals surface area (Å²) in [7, 11) is 0. The van der Waals surface area contributed by atoms with Crippen LogP contribution in [0, 0.1) is 12.8 Å². The highest BCUT2D eigenvalue weighted by Gasteiger charge is 2.19. The molecule has 3 aromatic rings. The van der Waals surface area contributed by atoms with Gasteiger partial charge in [-0.05, 0) is 74.4 Å². The fraction of sp³-hybridized carbons (Fsp3) is 0.500. The van der Waals surface area contributed by atoms with Crippen LogP contribution in [-0.4, -0.2) is 52.5 Å². The van der Waals surface area contributed by atoms with Gasteiger partial charge in [0.2, 0.25) is 5.88 Å².